The number of H-pyrrole nitrogens is 1. The van der Waals surface area contributed by atoms with Gasteiger partial charge in [-0.1, -0.05) is 0 Å². The highest BCUT2D eigenvalue weighted by molar-refractivity contribution is 5.57. The summed E-state index contributed by atoms with van der Waals surface area (Å²) in [7, 11) is 0. The minimum absolute atomic E-state index is 1.07. The monoisotopic (exact) mass is 150 g/mol. The van der Waals surface area contributed by atoms with Gasteiger partial charge in [0.1, 0.15) is 0 Å². The van der Waals surface area contributed by atoms with Crippen LogP contribution in [0.3, 0.4) is 0 Å². The molecule has 0 atom stereocenters. The zero-order valence-electron chi connectivity index (χ0n) is 6.66. The van der Waals surface area contributed by atoms with Crippen molar-refractivity contribution < 1.29 is 0 Å². The zero-order chi connectivity index (χ0) is 7.78. The van der Waals surface area contributed by atoms with Crippen LogP contribution in [0.5, 0.6) is 0 Å². The Morgan fingerprint density at radius 2 is 1.91 bits per heavy atom. The van der Waals surface area contributed by atoms with Gasteiger partial charge in [-0.05, 0) is 37.6 Å². The van der Waals surface area contributed by atoms with E-state index >= 15 is 0 Å². The largest absolute Gasteiger partial charge is 0.368 e. The Morgan fingerprint density at radius 1 is 1.09 bits per heavy atom. The lowest BCUT2D eigenvalue weighted by Gasteiger charge is -1.97. The number of aliphatic imine (C=N–C) groups is 1. The third-order valence-electron chi connectivity index (χ3n) is 1.50. The summed E-state index contributed by atoms with van der Waals surface area (Å²) < 4.78 is 0. The van der Waals surface area contributed by atoms with Gasteiger partial charge in [-0.15, -0.1) is 0 Å². The van der Waals surface area contributed by atoms with Crippen molar-refractivity contribution in [2.45, 2.75) is 19.3 Å². The Bertz CT molecular complexity index is 152. The van der Waals surface area contributed by atoms with Crippen LogP contribution in [0.4, 0.5) is 0 Å². The molecule has 0 fully saturated rings. The molecule has 0 saturated heterocycles. The number of rotatable bonds is 0. The lowest BCUT2D eigenvalue weighted by Crippen LogP contribution is -1.89. The van der Waals surface area contributed by atoms with E-state index in [9.17, 15) is 0 Å². The molecule has 1 N–H and O–H groups in total. The second-order valence-corrected chi connectivity index (χ2v) is 2.47. The summed E-state index contributed by atoms with van der Waals surface area (Å²) in [6.45, 7) is 1.07. The highest BCUT2D eigenvalue weighted by atomic mass is 14.7. The Morgan fingerprint density at radius 3 is 2.09 bits per heavy atom. The second-order valence-electron chi connectivity index (χ2n) is 2.47. The maximum Gasteiger partial charge on any atom is 0.0385 e. The van der Waals surface area contributed by atoms with E-state index in [1.807, 2.05) is 30.7 Å². The molecule has 2 heteroatoms. The third kappa shape index (κ3) is 4.37. The van der Waals surface area contributed by atoms with Crippen LogP contribution < -0.4 is 0 Å². The lowest BCUT2D eigenvalue weighted by molar-refractivity contribution is 0.749. The van der Waals surface area contributed by atoms with E-state index in [0.717, 1.165) is 6.54 Å². The number of nitrogens with one attached hydrogen (secondary N) is 1. The number of hydrogen-bond acceptors (Lipinski definition) is 1. The van der Waals surface area contributed by atoms with E-state index in [4.69, 9.17) is 0 Å². The van der Waals surface area contributed by atoms with Crippen LogP contribution >= 0.6 is 0 Å². The zero-order valence-corrected chi connectivity index (χ0v) is 6.66. The van der Waals surface area contributed by atoms with Gasteiger partial charge in [-0.25, -0.2) is 0 Å². The number of hydrogen-bond donors (Lipinski definition) is 1. The summed E-state index contributed by atoms with van der Waals surface area (Å²) >= 11 is 0. The maximum atomic E-state index is 4.05. The SMILES string of the molecule is C1=NCCCC1.c1cc[nH]c1. The molecular formula is C9H14N2. The third-order valence-corrected chi connectivity index (χ3v) is 1.50. The van der Waals surface area contributed by atoms with E-state index in [1.165, 1.54) is 19.3 Å². The van der Waals surface area contributed by atoms with Crippen molar-refractivity contribution in [2.24, 2.45) is 4.99 Å². The average molecular weight is 150 g/mol. The maximum absolute atomic E-state index is 4.05. The lowest BCUT2D eigenvalue weighted by atomic mass is 10.2. The smallest absolute Gasteiger partial charge is 0.0385 e. The summed E-state index contributed by atoms with van der Waals surface area (Å²) in [4.78, 5) is 6.91. The van der Waals surface area contributed by atoms with Crippen molar-refractivity contribution in [1.82, 2.24) is 4.98 Å². The molecule has 1 aromatic heterocycles. The molecule has 0 bridgehead atoms. The van der Waals surface area contributed by atoms with Crippen LogP contribution in [-0.2, 0) is 0 Å². The fourth-order valence-electron chi connectivity index (χ4n) is 0.899. The minimum atomic E-state index is 1.07. The first-order chi connectivity index (χ1) is 5.50. The molecule has 2 heterocycles. The van der Waals surface area contributed by atoms with E-state index in [-0.39, 0.29) is 0 Å². The molecule has 1 aromatic rings. The average Bonchev–Trinajstić information content (AvgIpc) is 2.64. The summed E-state index contributed by atoms with van der Waals surface area (Å²) in [5.41, 5.74) is 0. The Kier molecular flexibility index (Phi) is 4.18. The van der Waals surface area contributed by atoms with Gasteiger partial charge in [0.15, 0.2) is 0 Å². The molecular weight excluding hydrogens is 136 g/mol. The molecule has 1 aliphatic rings. The van der Waals surface area contributed by atoms with Gasteiger partial charge in [0.05, 0.1) is 0 Å². The molecule has 0 radical (unpaired) electrons. The molecule has 60 valence electrons. The van der Waals surface area contributed by atoms with Crippen molar-refractivity contribution in [2.75, 3.05) is 6.54 Å². The van der Waals surface area contributed by atoms with Crippen LogP contribution in [0.1, 0.15) is 19.3 Å². The quantitative estimate of drug-likeness (QED) is 0.587. The highest BCUT2D eigenvalue weighted by Crippen LogP contribution is 1.97. The van der Waals surface area contributed by atoms with Crippen molar-refractivity contribution >= 4 is 6.21 Å². The van der Waals surface area contributed by atoms with Crippen LogP contribution in [-0.4, -0.2) is 17.7 Å². The topological polar surface area (TPSA) is 28.1 Å². The fraction of sp³-hybridized carbons (Fsp3) is 0.444. The first-order valence-electron chi connectivity index (χ1n) is 4.06. The molecule has 0 aliphatic carbocycles. The van der Waals surface area contributed by atoms with Gasteiger partial charge >= 0.3 is 0 Å². The predicted molar refractivity (Wildman–Crippen MR) is 48.0 cm³/mol. The van der Waals surface area contributed by atoms with Gasteiger partial charge in [-0.2, -0.15) is 0 Å². The minimum Gasteiger partial charge on any atom is -0.368 e. The summed E-state index contributed by atoms with van der Waals surface area (Å²) in [5, 5.41) is 0. The first-order valence-corrected chi connectivity index (χ1v) is 4.06. The van der Waals surface area contributed by atoms with Crippen LogP contribution in [0.2, 0.25) is 0 Å². The summed E-state index contributed by atoms with van der Waals surface area (Å²) in [5.74, 6) is 0. The molecule has 2 nitrogen and oxygen atoms in total. The molecule has 0 unspecified atom stereocenters. The Balaban J connectivity index is 0.000000112. The fourth-order valence-corrected chi connectivity index (χ4v) is 0.899. The predicted octanol–water partition coefficient (Wildman–Crippen LogP) is 2.26. The highest BCUT2D eigenvalue weighted by Gasteiger charge is 1.88. The van der Waals surface area contributed by atoms with E-state index in [1.54, 1.807) is 0 Å². The van der Waals surface area contributed by atoms with Crippen molar-refractivity contribution in [3.63, 3.8) is 0 Å². The molecule has 2 rings (SSSR count). The molecule has 0 aromatic carbocycles. The standard InChI is InChI=1S/C5H9N.C4H5N/c1-2-4-6-5-3-1;1-2-4-5-3-1/h4H,1-3,5H2;1-5H. The van der Waals surface area contributed by atoms with E-state index < -0.39 is 0 Å². The number of nitrogens with zero attached hydrogens (tertiary/aromatic N) is 1. The normalized spacial score (nSPS) is 15.3. The van der Waals surface area contributed by atoms with Crippen LogP contribution in [0.25, 0.3) is 0 Å². The molecule has 0 amide bonds. The number of aromatic amines is 1. The van der Waals surface area contributed by atoms with E-state index in [2.05, 4.69) is 9.98 Å². The second kappa shape index (κ2) is 5.71. The number of aromatic nitrogens is 1. The molecule has 1 aliphatic heterocycles. The van der Waals surface area contributed by atoms with Crippen molar-refractivity contribution in [1.29, 1.82) is 0 Å². The molecule has 0 saturated carbocycles. The summed E-state index contributed by atoms with van der Waals surface area (Å²) in [6, 6.07) is 3.89. The van der Waals surface area contributed by atoms with Crippen molar-refractivity contribution in [3.8, 4) is 0 Å². The first kappa shape index (κ1) is 8.05. The van der Waals surface area contributed by atoms with Crippen LogP contribution in [0.15, 0.2) is 29.5 Å². The van der Waals surface area contributed by atoms with Gasteiger partial charge in [0, 0.05) is 18.9 Å². The van der Waals surface area contributed by atoms with Crippen LogP contribution in [0, 0.1) is 0 Å². The Hall–Kier alpha value is -1.05. The van der Waals surface area contributed by atoms with Crippen molar-refractivity contribution in [3.05, 3.63) is 24.5 Å². The summed E-state index contributed by atoms with van der Waals surface area (Å²) in [6.07, 6.45) is 9.63. The molecule has 11 heavy (non-hydrogen) atoms. The van der Waals surface area contributed by atoms with Gasteiger partial charge in [-0.3, -0.25) is 4.99 Å². The van der Waals surface area contributed by atoms with Gasteiger partial charge in [0.25, 0.3) is 0 Å². The Labute approximate surface area is 67.4 Å². The van der Waals surface area contributed by atoms with Gasteiger partial charge < -0.3 is 4.98 Å². The molecule has 0 spiro atoms. The van der Waals surface area contributed by atoms with Gasteiger partial charge in [0.2, 0.25) is 0 Å². The van der Waals surface area contributed by atoms with E-state index in [0.29, 0.717) is 0 Å².